The SMILES string of the molecule is CC/C=C(/C)C(=O)NCCS(=O)(=O)C(C)(C)C. The zero-order chi connectivity index (χ0) is 13.7. The van der Waals surface area contributed by atoms with E-state index < -0.39 is 14.6 Å². The first-order valence-corrected chi connectivity index (χ1v) is 7.44. The van der Waals surface area contributed by atoms with Gasteiger partial charge in [-0.1, -0.05) is 13.0 Å². The van der Waals surface area contributed by atoms with Gasteiger partial charge in [0, 0.05) is 12.1 Å². The van der Waals surface area contributed by atoms with E-state index in [1.165, 1.54) is 0 Å². The van der Waals surface area contributed by atoms with Gasteiger partial charge in [-0.25, -0.2) is 8.42 Å². The fourth-order valence-electron chi connectivity index (χ4n) is 1.14. The van der Waals surface area contributed by atoms with Crippen molar-refractivity contribution in [3.8, 4) is 0 Å². The molecule has 0 aliphatic heterocycles. The molecule has 17 heavy (non-hydrogen) atoms. The zero-order valence-corrected chi connectivity index (χ0v) is 12.1. The lowest BCUT2D eigenvalue weighted by atomic mass is 10.2. The van der Waals surface area contributed by atoms with Crippen LogP contribution in [0.1, 0.15) is 41.0 Å². The van der Waals surface area contributed by atoms with E-state index in [-0.39, 0.29) is 18.2 Å². The van der Waals surface area contributed by atoms with Crippen LogP contribution in [0.15, 0.2) is 11.6 Å². The van der Waals surface area contributed by atoms with Crippen LogP contribution in [-0.2, 0) is 14.6 Å². The van der Waals surface area contributed by atoms with E-state index in [0.29, 0.717) is 5.57 Å². The van der Waals surface area contributed by atoms with Crippen molar-refractivity contribution in [2.75, 3.05) is 12.3 Å². The van der Waals surface area contributed by atoms with E-state index >= 15 is 0 Å². The average Bonchev–Trinajstić information content (AvgIpc) is 2.15. The Hall–Kier alpha value is -0.840. The summed E-state index contributed by atoms with van der Waals surface area (Å²) in [5.41, 5.74) is 0.626. The standard InChI is InChI=1S/C12H23NO3S/c1-6-7-10(2)11(14)13-8-9-17(15,16)12(3,4)5/h7H,6,8-9H2,1-5H3,(H,13,14)/b10-7-. The van der Waals surface area contributed by atoms with Crippen LogP contribution in [-0.4, -0.2) is 31.4 Å². The molecule has 0 aromatic heterocycles. The van der Waals surface area contributed by atoms with Crippen molar-refractivity contribution in [2.24, 2.45) is 0 Å². The molecule has 0 heterocycles. The van der Waals surface area contributed by atoms with Gasteiger partial charge < -0.3 is 5.32 Å². The Morgan fingerprint density at radius 3 is 2.24 bits per heavy atom. The van der Waals surface area contributed by atoms with Gasteiger partial charge >= 0.3 is 0 Å². The molecule has 0 bridgehead atoms. The second-order valence-electron chi connectivity index (χ2n) is 4.98. The van der Waals surface area contributed by atoms with Crippen LogP contribution < -0.4 is 5.32 Å². The highest BCUT2D eigenvalue weighted by molar-refractivity contribution is 7.92. The number of carbonyl (C=O) groups is 1. The van der Waals surface area contributed by atoms with Crippen LogP contribution in [0, 0.1) is 0 Å². The minimum absolute atomic E-state index is 0.0261. The normalized spacial score (nSPS) is 13.6. The molecule has 0 unspecified atom stereocenters. The van der Waals surface area contributed by atoms with Gasteiger partial charge in [0.05, 0.1) is 10.5 Å². The van der Waals surface area contributed by atoms with Crippen molar-refractivity contribution in [2.45, 2.75) is 45.8 Å². The van der Waals surface area contributed by atoms with E-state index in [9.17, 15) is 13.2 Å². The van der Waals surface area contributed by atoms with E-state index in [4.69, 9.17) is 0 Å². The highest BCUT2D eigenvalue weighted by atomic mass is 32.2. The molecule has 1 N–H and O–H groups in total. The quantitative estimate of drug-likeness (QED) is 0.766. The van der Waals surface area contributed by atoms with Crippen LogP contribution in [0.2, 0.25) is 0 Å². The number of carbonyl (C=O) groups excluding carboxylic acids is 1. The molecule has 1 amide bonds. The topological polar surface area (TPSA) is 63.2 Å². The largest absolute Gasteiger partial charge is 0.351 e. The van der Waals surface area contributed by atoms with E-state index in [1.807, 2.05) is 13.0 Å². The summed E-state index contributed by atoms with van der Waals surface area (Å²) in [4.78, 5) is 11.5. The van der Waals surface area contributed by atoms with Crippen LogP contribution in [0.25, 0.3) is 0 Å². The molecular formula is C12H23NO3S. The molecule has 0 rings (SSSR count). The molecular weight excluding hydrogens is 238 g/mol. The fourth-order valence-corrected chi connectivity index (χ4v) is 2.13. The highest BCUT2D eigenvalue weighted by Gasteiger charge is 2.28. The lowest BCUT2D eigenvalue weighted by Gasteiger charge is -2.19. The molecule has 5 heteroatoms. The van der Waals surface area contributed by atoms with Gasteiger partial charge in [-0.2, -0.15) is 0 Å². The smallest absolute Gasteiger partial charge is 0.246 e. The summed E-state index contributed by atoms with van der Waals surface area (Å²) >= 11 is 0. The van der Waals surface area contributed by atoms with Crippen molar-refractivity contribution in [1.82, 2.24) is 5.32 Å². The Bertz CT molecular complexity index is 388. The average molecular weight is 261 g/mol. The first-order chi connectivity index (χ1) is 7.62. The molecule has 4 nitrogen and oxygen atoms in total. The predicted molar refractivity (Wildman–Crippen MR) is 70.6 cm³/mol. The van der Waals surface area contributed by atoms with E-state index in [0.717, 1.165) is 6.42 Å². The molecule has 0 aromatic rings. The fraction of sp³-hybridized carbons (Fsp3) is 0.750. The zero-order valence-electron chi connectivity index (χ0n) is 11.3. The maximum absolute atomic E-state index is 11.8. The van der Waals surface area contributed by atoms with E-state index in [1.54, 1.807) is 27.7 Å². The highest BCUT2D eigenvalue weighted by Crippen LogP contribution is 2.15. The first-order valence-electron chi connectivity index (χ1n) is 5.79. The molecule has 0 aromatic carbocycles. The third-order valence-electron chi connectivity index (χ3n) is 2.46. The van der Waals surface area contributed by atoms with Gasteiger partial charge in [0.15, 0.2) is 9.84 Å². The molecule has 0 atom stereocenters. The predicted octanol–water partition coefficient (Wildman–Crippen LogP) is 1.67. The molecule has 0 saturated heterocycles. The molecule has 100 valence electrons. The summed E-state index contributed by atoms with van der Waals surface area (Å²) in [6.45, 7) is 8.80. The molecule has 0 aliphatic rings. The summed E-state index contributed by atoms with van der Waals surface area (Å²) in [6.07, 6.45) is 2.60. The Kier molecular flexibility index (Phi) is 5.88. The van der Waals surface area contributed by atoms with E-state index in [2.05, 4.69) is 5.32 Å². The van der Waals surface area contributed by atoms with Crippen molar-refractivity contribution in [3.05, 3.63) is 11.6 Å². The number of allylic oxidation sites excluding steroid dienone is 1. The van der Waals surface area contributed by atoms with Crippen LogP contribution in [0.3, 0.4) is 0 Å². The molecule has 0 saturated carbocycles. The maximum Gasteiger partial charge on any atom is 0.246 e. The summed E-state index contributed by atoms with van der Waals surface area (Å²) < 4.78 is 22.8. The van der Waals surface area contributed by atoms with Gasteiger partial charge in [-0.3, -0.25) is 4.79 Å². The van der Waals surface area contributed by atoms with Gasteiger partial charge in [0.25, 0.3) is 0 Å². The molecule has 0 radical (unpaired) electrons. The minimum Gasteiger partial charge on any atom is -0.351 e. The Balaban J connectivity index is 4.28. The Morgan fingerprint density at radius 2 is 1.82 bits per heavy atom. The molecule has 0 spiro atoms. The minimum atomic E-state index is -3.17. The number of hydrogen-bond acceptors (Lipinski definition) is 3. The van der Waals surface area contributed by atoms with Gasteiger partial charge in [-0.15, -0.1) is 0 Å². The number of nitrogens with one attached hydrogen (secondary N) is 1. The van der Waals surface area contributed by atoms with Gasteiger partial charge in [-0.05, 0) is 34.1 Å². The van der Waals surface area contributed by atoms with Crippen LogP contribution in [0.4, 0.5) is 0 Å². The van der Waals surface area contributed by atoms with Crippen molar-refractivity contribution < 1.29 is 13.2 Å². The Morgan fingerprint density at radius 1 is 1.29 bits per heavy atom. The van der Waals surface area contributed by atoms with Crippen molar-refractivity contribution in [3.63, 3.8) is 0 Å². The van der Waals surface area contributed by atoms with Gasteiger partial charge in [0.2, 0.25) is 5.91 Å². The second-order valence-corrected chi connectivity index (χ2v) is 7.85. The summed E-state index contributed by atoms with van der Waals surface area (Å²) in [5, 5.41) is 2.61. The first kappa shape index (κ1) is 16.2. The van der Waals surface area contributed by atoms with Gasteiger partial charge in [0.1, 0.15) is 0 Å². The summed E-state index contributed by atoms with van der Waals surface area (Å²) in [6, 6.07) is 0. The Labute approximate surface area is 104 Å². The van der Waals surface area contributed by atoms with Crippen LogP contribution >= 0.6 is 0 Å². The third-order valence-corrected chi connectivity index (χ3v) is 5.07. The lowest BCUT2D eigenvalue weighted by Crippen LogP contribution is -2.36. The molecule has 0 fully saturated rings. The second kappa shape index (κ2) is 6.19. The number of amides is 1. The molecule has 0 aliphatic carbocycles. The van der Waals surface area contributed by atoms with Crippen molar-refractivity contribution >= 4 is 15.7 Å². The lowest BCUT2D eigenvalue weighted by molar-refractivity contribution is -0.117. The summed E-state index contributed by atoms with van der Waals surface area (Å²) in [7, 11) is -3.17. The number of hydrogen-bond donors (Lipinski definition) is 1. The van der Waals surface area contributed by atoms with Crippen molar-refractivity contribution in [1.29, 1.82) is 0 Å². The van der Waals surface area contributed by atoms with Crippen LogP contribution in [0.5, 0.6) is 0 Å². The maximum atomic E-state index is 11.8. The number of sulfone groups is 1. The third kappa shape index (κ3) is 5.35. The summed E-state index contributed by atoms with van der Waals surface area (Å²) in [5.74, 6) is -0.224. The number of rotatable bonds is 5. The monoisotopic (exact) mass is 261 g/mol.